The van der Waals surface area contributed by atoms with Crippen LogP contribution in [0.5, 0.6) is 0 Å². The number of carbonyl (C=O) groups is 2. The predicted molar refractivity (Wildman–Crippen MR) is 103 cm³/mol. The molecule has 2 N–H and O–H groups in total. The summed E-state index contributed by atoms with van der Waals surface area (Å²) in [6, 6.07) is 17.0. The molecular formula is C22H17F3N2O2. The van der Waals surface area contributed by atoms with Crippen LogP contribution in [0.1, 0.15) is 26.3 Å². The Morgan fingerprint density at radius 1 is 0.724 bits per heavy atom. The average molecular weight is 398 g/mol. The number of nitrogens with one attached hydrogen (secondary N) is 2. The third kappa shape index (κ3) is 5.01. The number of carbonyl (C=O) groups excluding carboxylic acids is 2. The van der Waals surface area contributed by atoms with Crippen molar-refractivity contribution in [3.05, 3.63) is 101 Å². The molecule has 29 heavy (non-hydrogen) atoms. The zero-order valence-corrected chi connectivity index (χ0v) is 15.2. The maximum absolute atomic E-state index is 13.7. The van der Waals surface area contributed by atoms with Gasteiger partial charge in [0.05, 0.1) is 5.69 Å². The first-order valence-electron chi connectivity index (χ1n) is 8.83. The molecule has 2 amide bonds. The van der Waals surface area contributed by atoms with Gasteiger partial charge in [-0.25, -0.2) is 13.2 Å². The van der Waals surface area contributed by atoms with Gasteiger partial charge in [0, 0.05) is 17.7 Å². The summed E-state index contributed by atoms with van der Waals surface area (Å²) in [6.07, 6.45) is 0.687. The number of hydrogen-bond acceptors (Lipinski definition) is 2. The summed E-state index contributed by atoms with van der Waals surface area (Å²) in [5, 5.41) is 4.96. The van der Waals surface area contributed by atoms with Crippen molar-refractivity contribution in [3.8, 4) is 0 Å². The van der Waals surface area contributed by atoms with Crippen LogP contribution in [0.2, 0.25) is 0 Å². The Morgan fingerprint density at radius 2 is 1.34 bits per heavy atom. The van der Waals surface area contributed by atoms with E-state index >= 15 is 0 Å². The van der Waals surface area contributed by atoms with Gasteiger partial charge in [-0.15, -0.1) is 0 Å². The Hall–Kier alpha value is -3.61. The summed E-state index contributed by atoms with van der Waals surface area (Å²) in [6.45, 7) is 0.459. The topological polar surface area (TPSA) is 58.2 Å². The average Bonchev–Trinajstić information content (AvgIpc) is 2.75. The first-order valence-corrected chi connectivity index (χ1v) is 8.83. The molecule has 4 nitrogen and oxygen atoms in total. The van der Waals surface area contributed by atoms with Crippen LogP contribution in [0.3, 0.4) is 0 Å². The van der Waals surface area contributed by atoms with E-state index in [-0.39, 0.29) is 11.5 Å². The quantitative estimate of drug-likeness (QED) is 0.608. The second kappa shape index (κ2) is 9.05. The number of benzene rings is 3. The molecule has 3 aromatic rings. The smallest absolute Gasteiger partial charge is 0.255 e. The molecule has 0 saturated heterocycles. The Labute approximate surface area is 165 Å². The monoisotopic (exact) mass is 398 g/mol. The molecule has 0 aliphatic rings. The van der Waals surface area contributed by atoms with Gasteiger partial charge in [-0.05, 0) is 48.4 Å². The molecule has 0 unspecified atom stereocenters. The summed E-state index contributed by atoms with van der Waals surface area (Å²) in [5.74, 6) is -5.49. The third-order valence-corrected chi connectivity index (χ3v) is 4.23. The summed E-state index contributed by atoms with van der Waals surface area (Å²) in [7, 11) is 0. The number of halogens is 3. The largest absolute Gasteiger partial charge is 0.352 e. The summed E-state index contributed by atoms with van der Waals surface area (Å²) >= 11 is 0. The molecule has 0 heterocycles. The van der Waals surface area contributed by atoms with E-state index in [1.54, 1.807) is 0 Å². The Balaban J connectivity index is 1.58. The van der Waals surface area contributed by atoms with Crippen LogP contribution in [0.4, 0.5) is 18.9 Å². The molecule has 0 spiro atoms. The lowest BCUT2D eigenvalue weighted by molar-refractivity contribution is 0.0952. The zero-order valence-electron chi connectivity index (χ0n) is 15.2. The number of rotatable bonds is 6. The molecule has 148 valence electrons. The van der Waals surface area contributed by atoms with Crippen molar-refractivity contribution >= 4 is 17.5 Å². The van der Waals surface area contributed by atoms with Crippen LogP contribution in [-0.4, -0.2) is 18.4 Å². The summed E-state index contributed by atoms with van der Waals surface area (Å²) in [4.78, 5) is 24.4. The molecule has 3 aromatic carbocycles. The van der Waals surface area contributed by atoms with Crippen molar-refractivity contribution < 1.29 is 22.8 Å². The molecule has 0 saturated carbocycles. The molecule has 0 atom stereocenters. The second-order valence-electron chi connectivity index (χ2n) is 6.25. The fourth-order valence-corrected chi connectivity index (χ4v) is 2.66. The lowest BCUT2D eigenvalue weighted by Gasteiger charge is -2.09. The van der Waals surface area contributed by atoms with Crippen LogP contribution in [0.25, 0.3) is 0 Å². The van der Waals surface area contributed by atoms with Crippen LogP contribution >= 0.6 is 0 Å². The fourth-order valence-electron chi connectivity index (χ4n) is 2.66. The zero-order chi connectivity index (χ0) is 20.8. The lowest BCUT2D eigenvalue weighted by Crippen LogP contribution is -2.25. The first-order chi connectivity index (χ1) is 14.0. The van der Waals surface area contributed by atoms with Gasteiger partial charge in [0.25, 0.3) is 11.8 Å². The predicted octanol–water partition coefficient (Wildman–Crippen LogP) is 4.33. The maximum atomic E-state index is 13.7. The fraction of sp³-hybridized carbons (Fsp3) is 0.0909. The van der Waals surface area contributed by atoms with Gasteiger partial charge in [-0.1, -0.05) is 30.3 Å². The van der Waals surface area contributed by atoms with Crippen molar-refractivity contribution in [2.24, 2.45) is 0 Å². The highest BCUT2D eigenvalue weighted by atomic mass is 19.2. The Morgan fingerprint density at radius 3 is 2.00 bits per heavy atom. The molecule has 0 radical (unpaired) electrons. The molecule has 7 heteroatoms. The first kappa shape index (κ1) is 20.1. The van der Waals surface area contributed by atoms with Crippen molar-refractivity contribution in [2.45, 2.75) is 6.42 Å². The van der Waals surface area contributed by atoms with Crippen LogP contribution in [-0.2, 0) is 6.42 Å². The van der Waals surface area contributed by atoms with E-state index in [1.165, 1.54) is 24.3 Å². The Bertz CT molecular complexity index is 1020. The Kier molecular flexibility index (Phi) is 6.29. The highest BCUT2D eigenvalue weighted by molar-refractivity contribution is 6.05. The highest BCUT2D eigenvalue weighted by Crippen LogP contribution is 2.20. The molecule has 0 aromatic heterocycles. The third-order valence-electron chi connectivity index (χ3n) is 4.23. The van der Waals surface area contributed by atoms with E-state index in [9.17, 15) is 22.8 Å². The summed E-state index contributed by atoms with van der Waals surface area (Å²) < 4.78 is 39.9. The lowest BCUT2D eigenvalue weighted by atomic mass is 10.1. The molecule has 0 aliphatic heterocycles. The standard InChI is InChI=1S/C22H17F3N2O2/c23-17-10-11-18(20(25)19(17)24)27-22(29)16-8-6-15(7-9-16)21(28)26-13-12-14-4-2-1-3-5-14/h1-11H,12-13H2,(H,26,28)(H,27,29). The van der Waals surface area contributed by atoms with Crippen molar-refractivity contribution in [2.75, 3.05) is 11.9 Å². The van der Waals surface area contributed by atoms with Gasteiger partial charge in [0.2, 0.25) is 0 Å². The number of hydrogen-bond donors (Lipinski definition) is 2. The number of amides is 2. The molecular weight excluding hydrogens is 381 g/mol. The van der Waals surface area contributed by atoms with Gasteiger partial charge in [-0.3, -0.25) is 9.59 Å². The maximum Gasteiger partial charge on any atom is 0.255 e. The van der Waals surface area contributed by atoms with E-state index in [4.69, 9.17) is 0 Å². The van der Waals surface area contributed by atoms with Crippen LogP contribution in [0.15, 0.2) is 66.7 Å². The minimum atomic E-state index is -1.66. The van der Waals surface area contributed by atoms with E-state index in [2.05, 4.69) is 10.6 Å². The van der Waals surface area contributed by atoms with E-state index in [0.29, 0.717) is 18.5 Å². The molecule has 0 aliphatic carbocycles. The van der Waals surface area contributed by atoms with Gasteiger partial charge < -0.3 is 10.6 Å². The normalized spacial score (nSPS) is 10.4. The highest BCUT2D eigenvalue weighted by Gasteiger charge is 2.16. The molecule has 0 bridgehead atoms. The van der Waals surface area contributed by atoms with Crippen LogP contribution < -0.4 is 10.6 Å². The van der Waals surface area contributed by atoms with Gasteiger partial charge >= 0.3 is 0 Å². The molecule has 0 fully saturated rings. The van der Waals surface area contributed by atoms with Crippen molar-refractivity contribution in [1.29, 1.82) is 0 Å². The van der Waals surface area contributed by atoms with Crippen LogP contribution in [0, 0.1) is 17.5 Å². The van der Waals surface area contributed by atoms with Gasteiger partial charge in [-0.2, -0.15) is 0 Å². The number of anilines is 1. The van der Waals surface area contributed by atoms with Crippen molar-refractivity contribution in [3.63, 3.8) is 0 Å². The van der Waals surface area contributed by atoms with E-state index in [0.717, 1.165) is 17.7 Å². The van der Waals surface area contributed by atoms with Gasteiger partial charge in [0.15, 0.2) is 17.5 Å². The van der Waals surface area contributed by atoms with Gasteiger partial charge in [0.1, 0.15) is 0 Å². The SMILES string of the molecule is O=C(NCCc1ccccc1)c1ccc(C(=O)Nc2ccc(F)c(F)c2F)cc1. The second-order valence-corrected chi connectivity index (χ2v) is 6.25. The molecule has 3 rings (SSSR count). The van der Waals surface area contributed by atoms with Crippen molar-refractivity contribution in [1.82, 2.24) is 5.32 Å². The minimum absolute atomic E-state index is 0.134. The van der Waals surface area contributed by atoms with E-state index in [1.807, 2.05) is 30.3 Å². The minimum Gasteiger partial charge on any atom is -0.352 e. The van der Waals surface area contributed by atoms with E-state index < -0.39 is 29.0 Å². The summed E-state index contributed by atoms with van der Waals surface area (Å²) in [5.41, 5.74) is 1.12.